The topological polar surface area (TPSA) is 84.2 Å². The van der Waals surface area contributed by atoms with Gasteiger partial charge in [-0.1, -0.05) is 11.6 Å². The maximum atomic E-state index is 12.8. The van der Waals surface area contributed by atoms with E-state index in [0.717, 1.165) is 11.1 Å². The molecule has 0 N–H and O–H groups in total. The Labute approximate surface area is 190 Å². The second kappa shape index (κ2) is 10.5. The van der Waals surface area contributed by atoms with Crippen LogP contribution in [0.25, 0.3) is 11.0 Å². The summed E-state index contributed by atoms with van der Waals surface area (Å²) in [5.74, 6) is 0.405. The lowest BCUT2D eigenvalue weighted by Crippen LogP contribution is -2.27. The number of hydrogen-bond donors (Lipinski definition) is 0. The van der Waals surface area contributed by atoms with Crippen molar-refractivity contribution in [3.05, 3.63) is 63.0 Å². The molecule has 7 nitrogen and oxygen atoms in total. The lowest BCUT2D eigenvalue weighted by atomic mass is 10.1. The summed E-state index contributed by atoms with van der Waals surface area (Å²) in [6.45, 7) is 8.21. The summed E-state index contributed by atoms with van der Waals surface area (Å²) in [6.07, 6.45) is 0.416. The highest BCUT2D eigenvalue weighted by Gasteiger charge is 2.18. The van der Waals surface area contributed by atoms with Gasteiger partial charge in [-0.15, -0.1) is 0 Å². The summed E-state index contributed by atoms with van der Waals surface area (Å²) >= 11 is 6.19. The third kappa shape index (κ3) is 5.60. The Balaban J connectivity index is 1.74. The number of halogens is 1. The van der Waals surface area contributed by atoms with Crippen LogP contribution in [-0.4, -0.2) is 31.9 Å². The van der Waals surface area contributed by atoms with Crippen LogP contribution < -0.4 is 14.9 Å². The molecule has 0 fully saturated rings. The van der Waals surface area contributed by atoms with Gasteiger partial charge in [-0.05, 0) is 63.1 Å². The minimum atomic E-state index is -0.834. The standard InChI is InChI=1S/C24H25ClO7/c1-5-28-8-9-29-24(27)16(4)31-17-6-7-19-20(12-17)30-13-21(23(19)26)32-18-10-14(2)22(25)15(3)11-18/h6-7,10-13,16H,5,8-9H2,1-4H3/t16-/m1/s1. The van der Waals surface area contributed by atoms with Crippen molar-refractivity contribution >= 4 is 28.5 Å². The molecule has 0 saturated heterocycles. The zero-order valence-corrected chi connectivity index (χ0v) is 19.2. The van der Waals surface area contributed by atoms with Gasteiger partial charge < -0.3 is 23.4 Å². The number of hydrogen-bond acceptors (Lipinski definition) is 7. The first-order chi connectivity index (χ1) is 15.3. The van der Waals surface area contributed by atoms with Crippen LogP contribution in [0, 0.1) is 13.8 Å². The van der Waals surface area contributed by atoms with Gasteiger partial charge in [0.05, 0.1) is 12.0 Å². The highest BCUT2D eigenvalue weighted by molar-refractivity contribution is 6.32. The molecule has 0 amide bonds. The fourth-order valence-corrected chi connectivity index (χ4v) is 3.15. The highest BCUT2D eigenvalue weighted by Crippen LogP contribution is 2.29. The number of benzene rings is 2. The van der Waals surface area contributed by atoms with E-state index in [1.165, 1.54) is 6.26 Å². The average molecular weight is 461 g/mol. The Morgan fingerprint density at radius 3 is 2.50 bits per heavy atom. The Hall–Kier alpha value is -3.03. The summed E-state index contributed by atoms with van der Waals surface area (Å²) in [7, 11) is 0. The largest absolute Gasteiger partial charge is 0.479 e. The predicted molar refractivity (Wildman–Crippen MR) is 121 cm³/mol. The number of rotatable bonds is 9. The zero-order valence-electron chi connectivity index (χ0n) is 18.4. The first-order valence-corrected chi connectivity index (χ1v) is 10.6. The van der Waals surface area contributed by atoms with Gasteiger partial charge in [0, 0.05) is 17.7 Å². The van der Waals surface area contributed by atoms with Gasteiger partial charge in [-0.3, -0.25) is 4.79 Å². The fraction of sp³-hybridized carbons (Fsp3) is 0.333. The molecule has 3 aromatic rings. The predicted octanol–water partition coefficient (Wildman–Crippen LogP) is 5.20. The molecular formula is C24H25ClO7. The van der Waals surface area contributed by atoms with Crippen molar-refractivity contribution in [1.29, 1.82) is 0 Å². The average Bonchev–Trinajstić information content (AvgIpc) is 2.76. The molecule has 1 atom stereocenters. The summed E-state index contributed by atoms with van der Waals surface area (Å²) < 4.78 is 27.2. The third-order valence-corrected chi connectivity index (χ3v) is 5.27. The van der Waals surface area contributed by atoms with E-state index in [1.807, 2.05) is 20.8 Å². The maximum Gasteiger partial charge on any atom is 0.347 e. The second-order valence-corrected chi connectivity index (χ2v) is 7.56. The van der Waals surface area contributed by atoms with Crippen molar-refractivity contribution < 1.29 is 28.2 Å². The van der Waals surface area contributed by atoms with E-state index < -0.39 is 12.1 Å². The molecule has 0 radical (unpaired) electrons. The molecule has 0 saturated carbocycles. The fourth-order valence-electron chi connectivity index (χ4n) is 3.04. The molecule has 0 aliphatic heterocycles. The molecule has 32 heavy (non-hydrogen) atoms. The van der Waals surface area contributed by atoms with Crippen molar-refractivity contribution in [3.8, 4) is 17.2 Å². The number of aryl methyl sites for hydroxylation is 2. The van der Waals surface area contributed by atoms with Gasteiger partial charge in [0.25, 0.3) is 0 Å². The number of carbonyl (C=O) groups excluding carboxylic acids is 1. The number of ether oxygens (including phenoxy) is 4. The number of carbonyl (C=O) groups is 1. The summed E-state index contributed by atoms with van der Waals surface area (Å²) in [6, 6.07) is 8.20. The van der Waals surface area contributed by atoms with Gasteiger partial charge >= 0.3 is 5.97 Å². The van der Waals surface area contributed by atoms with Crippen molar-refractivity contribution in [1.82, 2.24) is 0 Å². The first kappa shape index (κ1) is 23.6. The second-order valence-electron chi connectivity index (χ2n) is 7.18. The molecule has 3 rings (SSSR count). The molecule has 2 aromatic carbocycles. The molecule has 0 aliphatic carbocycles. The third-order valence-electron chi connectivity index (χ3n) is 4.67. The van der Waals surface area contributed by atoms with E-state index in [1.54, 1.807) is 37.3 Å². The smallest absolute Gasteiger partial charge is 0.347 e. The van der Waals surface area contributed by atoms with Crippen LogP contribution in [0.5, 0.6) is 17.2 Å². The molecule has 0 bridgehead atoms. The normalized spacial score (nSPS) is 11.9. The molecule has 170 valence electrons. The SMILES string of the molecule is CCOCCOC(=O)[C@@H](C)Oc1ccc2c(=O)c(Oc3cc(C)c(Cl)c(C)c3)coc2c1. The summed E-state index contributed by atoms with van der Waals surface area (Å²) in [5.41, 5.74) is 1.67. The van der Waals surface area contributed by atoms with Crippen LogP contribution in [0.2, 0.25) is 5.02 Å². The molecular weight excluding hydrogens is 436 g/mol. The van der Waals surface area contributed by atoms with Gasteiger partial charge in [-0.2, -0.15) is 0 Å². The van der Waals surface area contributed by atoms with Crippen LogP contribution >= 0.6 is 11.6 Å². The molecule has 1 aromatic heterocycles. The van der Waals surface area contributed by atoms with Crippen LogP contribution in [0.1, 0.15) is 25.0 Å². The molecule has 0 spiro atoms. The zero-order chi connectivity index (χ0) is 23.3. The lowest BCUT2D eigenvalue weighted by molar-refractivity contribution is -0.152. The van der Waals surface area contributed by atoms with E-state index in [2.05, 4.69) is 0 Å². The van der Waals surface area contributed by atoms with Crippen LogP contribution in [0.4, 0.5) is 0 Å². The lowest BCUT2D eigenvalue weighted by Gasteiger charge is -2.14. The van der Waals surface area contributed by atoms with Crippen molar-refractivity contribution in [3.63, 3.8) is 0 Å². The summed E-state index contributed by atoms with van der Waals surface area (Å²) in [5, 5.41) is 0.979. The molecule has 1 heterocycles. The molecule has 0 aliphatic rings. The van der Waals surface area contributed by atoms with Crippen molar-refractivity contribution in [2.45, 2.75) is 33.8 Å². The Morgan fingerprint density at radius 2 is 1.81 bits per heavy atom. The van der Waals surface area contributed by atoms with Crippen molar-refractivity contribution in [2.24, 2.45) is 0 Å². The van der Waals surface area contributed by atoms with E-state index in [4.69, 9.17) is 35.0 Å². The maximum absolute atomic E-state index is 12.8. The Kier molecular flexibility index (Phi) is 7.77. The Bertz CT molecular complexity index is 1150. The number of fused-ring (bicyclic) bond motifs is 1. The highest BCUT2D eigenvalue weighted by atomic mass is 35.5. The van der Waals surface area contributed by atoms with Gasteiger partial charge in [-0.25, -0.2) is 4.79 Å². The summed E-state index contributed by atoms with van der Waals surface area (Å²) in [4.78, 5) is 24.9. The Morgan fingerprint density at radius 1 is 1.09 bits per heavy atom. The van der Waals surface area contributed by atoms with Crippen LogP contribution in [0.15, 0.2) is 45.8 Å². The van der Waals surface area contributed by atoms with Gasteiger partial charge in [0.2, 0.25) is 11.2 Å². The molecule has 0 unspecified atom stereocenters. The monoisotopic (exact) mass is 460 g/mol. The first-order valence-electron chi connectivity index (χ1n) is 10.2. The van der Waals surface area contributed by atoms with E-state index in [-0.39, 0.29) is 17.8 Å². The van der Waals surface area contributed by atoms with Crippen LogP contribution in [0.3, 0.4) is 0 Å². The van der Waals surface area contributed by atoms with Crippen molar-refractivity contribution in [2.75, 3.05) is 19.8 Å². The van der Waals surface area contributed by atoms with Crippen LogP contribution in [-0.2, 0) is 14.3 Å². The quantitative estimate of drug-likeness (QED) is 0.320. The number of esters is 1. The van der Waals surface area contributed by atoms with Gasteiger partial charge in [0.1, 0.15) is 30.0 Å². The minimum Gasteiger partial charge on any atom is -0.479 e. The van der Waals surface area contributed by atoms with E-state index in [0.29, 0.717) is 40.7 Å². The van der Waals surface area contributed by atoms with Gasteiger partial charge in [0.15, 0.2) is 6.10 Å². The van der Waals surface area contributed by atoms with E-state index >= 15 is 0 Å². The molecule has 8 heteroatoms. The minimum absolute atomic E-state index is 0.0542. The van der Waals surface area contributed by atoms with E-state index in [9.17, 15) is 9.59 Å².